The Kier molecular flexibility index (Phi) is 5.26. The summed E-state index contributed by atoms with van der Waals surface area (Å²) in [5.74, 6) is -1.07. The first-order chi connectivity index (χ1) is 7.53. The molecule has 0 aliphatic heterocycles. The van der Waals surface area contributed by atoms with Crippen LogP contribution < -0.4 is 5.32 Å². The molecule has 0 aliphatic carbocycles. The van der Waals surface area contributed by atoms with Crippen molar-refractivity contribution in [2.24, 2.45) is 5.92 Å². The SMILES string of the molecule is COC(=O)[C@](Cl)(NC(=O)OC(C)(C)C)C(C)C. The fourth-order valence-corrected chi connectivity index (χ4v) is 1.19. The molecule has 0 fully saturated rings. The minimum absolute atomic E-state index is 0.343. The van der Waals surface area contributed by atoms with Crippen LogP contribution in [0.4, 0.5) is 4.79 Å². The van der Waals surface area contributed by atoms with E-state index in [1.807, 2.05) is 0 Å². The summed E-state index contributed by atoms with van der Waals surface area (Å²) in [4.78, 5) is 21.5. The molecule has 0 aromatic carbocycles. The van der Waals surface area contributed by atoms with E-state index in [1.54, 1.807) is 34.6 Å². The lowest BCUT2D eigenvalue weighted by atomic mass is 10.0. The standard InChI is InChI=1S/C11H20ClNO4/c1-7(2)11(12,8(14)16-6)13-9(15)17-10(3,4)5/h7H,1-6H3,(H,13,15)/t11-/m1/s1. The number of carbonyl (C=O) groups is 2. The fourth-order valence-electron chi connectivity index (χ4n) is 1.03. The Bertz CT molecular complexity index is 298. The van der Waals surface area contributed by atoms with Gasteiger partial charge in [0.15, 0.2) is 0 Å². The second-order valence-electron chi connectivity index (χ2n) is 4.98. The van der Waals surface area contributed by atoms with Gasteiger partial charge in [-0.3, -0.25) is 5.32 Å². The number of alkyl halides is 1. The molecule has 100 valence electrons. The average Bonchev–Trinajstić information content (AvgIpc) is 2.12. The lowest BCUT2D eigenvalue weighted by molar-refractivity contribution is -0.146. The van der Waals surface area contributed by atoms with Gasteiger partial charge in [-0.05, 0) is 20.8 Å². The number of esters is 1. The fraction of sp³-hybridized carbons (Fsp3) is 0.818. The van der Waals surface area contributed by atoms with Crippen molar-refractivity contribution in [3.8, 4) is 0 Å². The number of carbonyl (C=O) groups excluding carboxylic acids is 2. The number of alkyl carbamates (subject to hydrolysis) is 1. The number of methoxy groups -OCH3 is 1. The summed E-state index contributed by atoms with van der Waals surface area (Å²) in [6.45, 7) is 8.55. The summed E-state index contributed by atoms with van der Waals surface area (Å²) in [6.07, 6.45) is -0.758. The van der Waals surface area contributed by atoms with Crippen LogP contribution in [-0.4, -0.2) is 29.8 Å². The highest BCUT2D eigenvalue weighted by atomic mass is 35.5. The Balaban J connectivity index is 4.79. The van der Waals surface area contributed by atoms with Gasteiger partial charge < -0.3 is 9.47 Å². The molecule has 5 nitrogen and oxygen atoms in total. The van der Waals surface area contributed by atoms with Crippen LogP contribution in [0.5, 0.6) is 0 Å². The number of hydrogen-bond acceptors (Lipinski definition) is 4. The number of rotatable bonds is 3. The van der Waals surface area contributed by atoms with Gasteiger partial charge in [-0.25, -0.2) is 9.59 Å². The van der Waals surface area contributed by atoms with Crippen molar-refractivity contribution < 1.29 is 19.1 Å². The first-order valence-electron chi connectivity index (χ1n) is 5.31. The van der Waals surface area contributed by atoms with Gasteiger partial charge >= 0.3 is 12.1 Å². The zero-order chi connectivity index (χ0) is 13.9. The van der Waals surface area contributed by atoms with Gasteiger partial charge in [0.25, 0.3) is 0 Å². The number of halogens is 1. The van der Waals surface area contributed by atoms with E-state index >= 15 is 0 Å². The summed E-state index contributed by atoms with van der Waals surface area (Å²) >= 11 is 6.06. The quantitative estimate of drug-likeness (QED) is 0.483. The van der Waals surface area contributed by atoms with E-state index in [2.05, 4.69) is 10.1 Å². The van der Waals surface area contributed by atoms with E-state index in [4.69, 9.17) is 16.3 Å². The van der Waals surface area contributed by atoms with Crippen LogP contribution in [0.15, 0.2) is 0 Å². The summed E-state index contributed by atoms with van der Waals surface area (Å²) in [5.41, 5.74) is -0.658. The molecule has 1 amide bonds. The largest absolute Gasteiger partial charge is 0.466 e. The van der Waals surface area contributed by atoms with E-state index in [0.717, 1.165) is 0 Å². The third kappa shape index (κ3) is 4.81. The molecule has 0 saturated carbocycles. The molecule has 1 N–H and O–H groups in total. The molecule has 0 rings (SSSR count). The van der Waals surface area contributed by atoms with E-state index in [1.165, 1.54) is 7.11 Å². The van der Waals surface area contributed by atoms with Crippen molar-refractivity contribution in [3.05, 3.63) is 0 Å². The highest BCUT2D eigenvalue weighted by molar-refractivity contribution is 6.34. The average molecular weight is 266 g/mol. The van der Waals surface area contributed by atoms with Crippen molar-refractivity contribution >= 4 is 23.7 Å². The third-order valence-electron chi connectivity index (χ3n) is 1.96. The summed E-state index contributed by atoms with van der Waals surface area (Å²) in [6, 6.07) is 0. The highest BCUT2D eigenvalue weighted by Gasteiger charge is 2.43. The molecular formula is C11H20ClNO4. The first-order valence-corrected chi connectivity index (χ1v) is 5.69. The van der Waals surface area contributed by atoms with Gasteiger partial charge in [-0.2, -0.15) is 0 Å². The molecule has 0 saturated heterocycles. The number of ether oxygens (including phenoxy) is 2. The second-order valence-corrected chi connectivity index (χ2v) is 5.58. The lowest BCUT2D eigenvalue weighted by Gasteiger charge is -2.30. The molecule has 0 spiro atoms. The molecule has 0 bridgehead atoms. The third-order valence-corrected chi connectivity index (χ3v) is 2.65. The Morgan fingerprint density at radius 3 is 2.00 bits per heavy atom. The van der Waals surface area contributed by atoms with E-state index in [0.29, 0.717) is 0 Å². The Hall–Kier alpha value is -0.970. The maximum Gasteiger partial charge on any atom is 0.409 e. The maximum atomic E-state index is 11.6. The zero-order valence-corrected chi connectivity index (χ0v) is 11.8. The molecule has 0 unspecified atom stereocenters. The van der Waals surface area contributed by atoms with E-state index in [9.17, 15) is 9.59 Å². The first kappa shape index (κ1) is 16.0. The van der Waals surface area contributed by atoms with Crippen LogP contribution >= 0.6 is 11.6 Å². The van der Waals surface area contributed by atoms with E-state index in [-0.39, 0.29) is 5.92 Å². The molecule has 0 radical (unpaired) electrons. The number of amides is 1. The van der Waals surface area contributed by atoms with Crippen molar-refractivity contribution in [2.75, 3.05) is 7.11 Å². The van der Waals surface area contributed by atoms with E-state index < -0.39 is 22.7 Å². The van der Waals surface area contributed by atoms with Crippen LogP contribution in [0, 0.1) is 5.92 Å². The highest BCUT2D eigenvalue weighted by Crippen LogP contribution is 2.24. The van der Waals surface area contributed by atoms with Crippen LogP contribution in [0.2, 0.25) is 0 Å². The Morgan fingerprint density at radius 2 is 1.71 bits per heavy atom. The number of nitrogens with one attached hydrogen (secondary N) is 1. The van der Waals surface area contributed by atoms with Crippen molar-refractivity contribution in [2.45, 2.75) is 45.2 Å². The van der Waals surface area contributed by atoms with Gasteiger partial charge in [0.1, 0.15) is 5.60 Å². The van der Waals surface area contributed by atoms with Crippen LogP contribution in [-0.2, 0) is 14.3 Å². The zero-order valence-electron chi connectivity index (χ0n) is 11.1. The van der Waals surface area contributed by atoms with Gasteiger partial charge in [-0.15, -0.1) is 0 Å². The van der Waals surface area contributed by atoms with Gasteiger partial charge in [0, 0.05) is 5.92 Å². The summed E-state index contributed by atoms with van der Waals surface area (Å²) in [7, 11) is 1.21. The molecule has 17 heavy (non-hydrogen) atoms. The number of hydrogen-bond donors (Lipinski definition) is 1. The van der Waals surface area contributed by atoms with Crippen LogP contribution in [0.1, 0.15) is 34.6 Å². The smallest absolute Gasteiger partial charge is 0.409 e. The van der Waals surface area contributed by atoms with Crippen molar-refractivity contribution in [3.63, 3.8) is 0 Å². The maximum absolute atomic E-state index is 11.6. The predicted molar refractivity (Wildman–Crippen MR) is 64.8 cm³/mol. The normalized spacial score (nSPS) is 15.1. The van der Waals surface area contributed by atoms with Gasteiger partial charge in [-0.1, -0.05) is 25.4 Å². The van der Waals surface area contributed by atoms with Crippen molar-refractivity contribution in [1.82, 2.24) is 5.32 Å². The van der Waals surface area contributed by atoms with Crippen LogP contribution in [0.3, 0.4) is 0 Å². The molecule has 0 aliphatic rings. The summed E-state index contributed by atoms with van der Waals surface area (Å²) < 4.78 is 9.60. The van der Waals surface area contributed by atoms with Gasteiger partial charge in [0.05, 0.1) is 7.11 Å². The van der Waals surface area contributed by atoms with Crippen molar-refractivity contribution in [1.29, 1.82) is 0 Å². The Morgan fingerprint density at radius 1 is 1.24 bits per heavy atom. The molecule has 0 aromatic heterocycles. The molecule has 1 atom stereocenters. The molecule has 0 heterocycles. The second kappa shape index (κ2) is 5.58. The minimum Gasteiger partial charge on any atom is -0.466 e. The Labute approximate surface area is 107 Å². The topological polar surface area (TPSA) is 64.6 Å². The lowest BCUT2D eigenvalue weighted by Crippen LogP contribution is -2.55. The molecule has 6 heteroatoms. The van der Waals surface area contributed by atoms with Crippen LogP contribution in [0.25, 0.3) is 0 Å². The predicted octanol–water partition coefficient (Wildman–Crippen LogP) is 2.28. The molecular weight excluding hydrogens is 246 g/mol. The van der Waals surface area contributed by atoms with Gasteiger partial charge in [0.2, 0.25) is 5.00 Å². The minimum atomic E-state index is -1.61. The monoisotopic (exact) mass is 265 g/mol. The molecule has 0 aromatic rings. The summed E-state index contributed by atoms with van der Waals surface area (Å²) in [5, 5.41) is 2.33.